The average Bonchev–Trinajstić information content (AvgIpc) is 2.39. The van der Waals surface area contributed by atoms with E-state index in [1.807, 2.05) is 0 Å². The van der Waals surface area contributed by atoms with Crippen LogP contribution in [0.1, 0.15) is 19.3 Å². The van der Waals surface area contributed by atoms with Crippen molar-refractivity contribution in [2.75, 3.05) is 13.7 Å². The Hall–Kier alpha value is -1.75. The van der Waals surface area contributed by atoms with Crippen LogP contribution in [-0.2, 0) is 11.3 Å². The van der Waals surface area contributed by atoms with Crippen molar-refractivity contribution in [1.82, 2.24) is 9.55 Å². The van der Waals surface area contributed by atoms with E-state index in [9.17, 15) is 9.18 Å². The molecule has 4 nitrogen and oxygen atoms in total. The summed E-state index contributed by atoms with van der Waals surface area (Å²) in [6.07, 6.45) is 4.72. The molecule has 20 heavy (non-hydrogen) atoms. The molecular formula is C15H17FN2O2. The second-order valence-corrected chi connectivity index (χ2v) is 5.60. The normalized spacial score (nSPS) is 17.1. The minimum absolute atomic E-state index is 0.000804. The Balaban J connectivity index is 2.02. The summed E-state index contributed by atoms with van der Waals surface area (Å²) in [5, 5.41) is 0.0712. The van der Waals surface area contributed by atoms with Crippen LogP contribution in [0.5, 0.6) is 0 Å². The predicted octanol–water partition coefficient (Wildman–Crippen LogP) is 2.35. The van der Waals surface area contributed by atoms with Gasteiger partial charge in [0.25, 0.3) is 5.56 Å². The van der Waals surface area contributed by atoms with E-state index in [4.69, 9.17) is 4.74 Å². The van der Waals surface area contributed by atoms with Crippen LogP contribution in [-0.4, -0.2) is 23.3 Å². The van der Waals surface area contributed by atoms with Gasteiger partial charge in [0.1, 0.15) is 11.2 Å². The SMILES string of the molecule is COCC1(Cn2cnc3cccc(F)c3c2=O)CCC1. The summed E-state index contributed by atoms with van der Waals surface area (Å²) in [5.41, 5.74) is 0.0928. The van der Waals surface area contributed by atoms with Crippen LogP contribution in [0.15, 0.2) is 29.3 Å². The summed E-state index contributed by atoms with van der Waals surface area (Å²) in [4.78, 5) is 16.6. The molecule has 0 unspecified atom stereocenters. The van der Waals surface area contributed by atoms with Gasteiger partial charge in [0, 0.05) is 19.1 Å². The number of hydrogen-bond donors (Lipinski definition) is 0. The van der Waals surface area contributed by atoms with Gasteiger partial charge in [0.2, 0.25) is 0 Å². The largest absolute Gasteiger partial charge is 0.384 e. The number of fused-ring (bicyclic) bond motifs is 1. The second kappa shape index (κ2) is 4.98. The summed E-state index contributed by atoms with van der Waals surface area (Å²) in [6, 6.07) is 4.51. The standard InChI is InChI=1S/C15H17FN2O2/c1-20-9-15(6-3-7-15)8-18-10-17-12-5-2-4-11(16)13(12)14(18)19/h2,4-5,10H,3,6-9H2,1H3. The van der Waals surface area contributed by atoms with Gasteiger partial charge in [-0.1, -0.05) is 12.5 Å². The lowest BCUT2D eigenvalue weighted by atomic mass is 9.69. The Morgan fingerprint density at radius 3 is 2.90 bits per heavy atom. The zero-order chi connectivity index (χ0) is 14.2. The first-order valence-electron chi connectivity index (χ1n) is 6.78. The number of rotatable bonds is 4. The fraction of sp³-hybridized carbons (Fsp3) is 0.467. The molecule has 0 N–H and O–H groups in total. The predicted molar refractivity (Wildman–Crippen MR) is 74.1 cm³/mol. The van der Waals surface area contributed by atoms with Crippen molar-refractivity contribution in [3.8, 4) is 0 Å². The third-order valence-electron chi connectivity index (χ3n) is 4.17. The van der Waals surface area contributed by atoms with Gasteiger partial charge in [-0.2, -0.15) is 0 Å². The number of nitrogens with zero attached hydrogens (tertiary/aromatic N) is 2. The van der Waals surface area contributed by atoms with Crippen molar-refractivity contribution in [1.29, 1.82) is 0 Å². The third kappa shape index (κ3) is 2.12. The molecule has 0 saturated heterocycles. The molecule has 1 heterocycles. The van der Waals surface area contributed by atoms with Gasteiger partial charge in [-0.15, -0.1) is 0 Å². The smallest absolute Gasteiger partial charge is 0.264 e. The number of aromatic nitrogens is 2. The first-order chi connectivity index (χ1) is 9.65. The molecule has 0 atom stereocenters. The molecule has 1 aliphatic carbocycles. The summed E-state index contributed by atoms with van der Waals surface area (Å²) in [5.74, 6) is -0.510. The Morgan fingerprint density at radius 1 is 1.45 bits per heavy atom. The van der Waals surface area contributed by atoms with Gasteiger partial charge in [-0.05, 0) is 25.0 Å². The summed E-state index contributed by atoms with van der Waals surface area (Å²) in [7, 11) is 1.67. The number of benzene rings is 1. The van der Waals surface area contributed by atoms with E-state index in [0.717, 1.165) is 19.3 Å². The zero-order valence-electron chi connectivity index (χ0n) is 11.4. The third-order valence-corrected chi connectivity index (χ3v) is 4.17. The number of methoxy groups -OCH3 is 1. The van der Waals surface area contributed by atoms with Crippen LogP contribution in [0.4, 0.5) is 4.39 Å². The van der Waals surface area contributed by atoms with Crippen molar-refractivity contribution >= 4 is 10.9 Å². The molecule has 3 rings (SSSR count). The molecule has 0 bridgehead atoms. The summed E-state index contributed by atoms with van der Waals surface area (Å²) < 4.78 is 20.6. The Labute approximate surface area is 116 Å². The zero-order valence-corrected chi connectivity index (χ0v) is 11.4. The maximum Gasteiger partial charge on any atom is 0.264 e. The van der Waals surface area contributed by atoms with Crippen LogP contribution < -0.4 is 5.56 Å². The van der Waals surface area contributed by atoms with E-state index in [2.05, 4.69) is 4.98 Å². The van der Waals surface area contributed by atoms with Crippen LogP contribution in [0.3, 0.4) is 0 Å². The Kier molecular flexibility index (Phi) is 3.30. The number of hydrogen-bond acceptors (Lipinski definition) is 3. The molecule has 0 amide bonds. The van der Waals surface area contributed by atoms with Gasteiger partial charge in [0.05, 0.1) is 18.5 Å². The minimum atomic E-state index is -0.510. The Morgan fingerprint density at radius 2 is 2.25 bits per heavy atom. The highest BCUT2D eigenvalue weighted by Gasteiger charge is 2.37. The van der Waals surface area contributed by atoms with E-state index >= 15 is 0 Å². The molecule has 0 aliphatic heterocycles. The van der Waals surface area contributed by atoms with Crippen molar-refractivity contribution < 1.29 is 9.13 Å². The van der Waals surface area contributed by atoms with Crippen molar-refractivity contribution in [2.24, 2.45) is 5.41 Å². The average molecular weight is 276 g/mol. The number of halogens is 1. The van der Waals surface area contributed by atoms with Crippen LogP contribution in [0.25, 0.3) is 10.9 Å². The maximum absolute atomic E-state index is 13.8. The molecule has 1 saturated carbocycles. The molecule has 5 heteroatoms. The molecule has 2 aromatic rings. The van der Waals surface area contributed by atoms with E-state index in [0.29, 0.717) is 18.7 Å². The molecule has 1 fully saturated rings. The van der Waals surface area contributed by atoms with Gasteiger partial charge in [-0.3, -0.25) is 9.36 Å². The lowest BCUT2D eigenvalue weighted by Gasteiger charge is -2.41. The van der Waals surface area contributed by atoms with E-state index in [1.54, 1.807) is 19.2 Å². The minimum Gasteiger partial charge on any atom is -0.384 e. The van der Waals surface area contributed by atoms with Gasteiger partial charge in [-0.25, -0.2) is 9.37 Å². The van der Waals surface area contributed by atoms with Crippen molar-refractivity contribution in [2.45, 2.75) is 25.8 Å². The number of ether oxygens (including phenoxy) is 1. The molecule has 106 valence electrons. The fourth-order valence-electron chi connectivity index (χ4n) is 2.97. The molecule has 1 aromatic heterocycles. The van der Waals surface area contributed by atoms with Crippen LogP contribution in [0, 0.1) is 11.2 Å². The van der Waals surface area contributed by atoms with Crippen LogP contribution >= 0.6 is 0 Å². The topological polar surface area (TPSA) is 44.1 Å². The van der Waals surface area contributed by atoms with E-state index in [1.165, 1.54) is 17.0 Å². The van der Waals surface area contributed by atoms with E-state index < -0.39 is 5.82 Å². The van der Waals surface area contributed by atoms with Gasteiger partial charge < -0.3 is 4.74 Å². The van der Waals surface area contributed by atoms with Crippen LogP contribution in [0.2, 0.25) is 0 Å². The lowest BCUT2D eigenvalue weighted by molar-refractivity contribution is 0.00253. The molecular weight excluding hydrogens is 259 g/mol. The van der Waals surface area contributed by atoms with E-state index in [-0.39, 0.29) is 16.4 Å². The molecule has 1 aromatic carbocycles. The molecule has 0 spiro atoms. The summed E-state index contributed by atoms with van der Waals surface area (Å²) >= 11 is 0. The maximum atomic E-state index is 13.8. The monoisotopic (exact) mass is 276 g/mol. The lowest BCUT2D eigenvalue weighted by Crippen LogP contribution is -2.41. The molecule has 1 aliphatic rings. The first kappa shape index (κ1) is 13.2. The summed E-state index contributed by atoms with van der Waals surface area (Å²) in [6.45, 7) is 1.16. The fourth-order valence-corrected chi connectivity index (χ4v) is 2.97. The molecule has 0 radical (unpaired) electrons. The van der Waals surface area contributed by atoms with Gasteiger partial charge >= 0.3 is 0 Å². The highest BCUT2D eigenvalue weighted by Crippen LogP contribution is 2.42. The quantitative estimate of drug-likeness (QED) is 0.861. The highest BCUT2D eigenvalue weighted by atomic mass is 19.1. The highest BCUT2D eigenvalue weighted by molar-refractivity contribution is 5.77. The van der Waals surface area contributed by atoms with Crippen molar-refractivity contribution in [3.05, 3.63) is 40.7 Å². The van der Waals surface area contributed by atoms with Gasteiger partial charge in [0.15, 0.2) is 0 Å². The second-order valence-electron chi connectivity index (χ2n) is 5.60. The first-order valence-corrected chi connectivity index (χ1v) is 6.78. The Bertz CT molecular complexity index is 692. The van der Waals surface area contributed by atoms with Crippen molar-refractivity contribution in [3.63, 3.8) is 0 Å².